The number of β-lactam (4-membered cyclic amide) rings is 1. The fourth-order valence-electron chi connectivity index (χ4n) is 4.43. The Kier molecular flexibility index (Phi) is 7.42. The second-order valence-electron chi connectivity index (χ2n) is 8.84. The number of carboxylic acids is 1. The number of esters is 1. The summed E-state index contributed by atoms with van der Waals surface area (Å²) in [6.07, 6.45) is 1.74. The minimum Gasteiger partial charge on any atom is -0.477 e. The van der Waals surface area contributed by atoms with Gasteiger partial charge in [-0.3, -0.25) is 19.3 Å². The molecule has 0 radical (unpaired) electrons. The van der Waals surface area contributed by atoms with Crippen molar-refractivity contribution >= 4 is 63.6 Å². The second-order valence-corrected chi connectivity index (χ2v) is 10.8. The Morgan fingerprint density at radius 3 is 2.51 bits per heavy atom. The SMILES string of the molecule is CC(=O)OCC1=C(C(=O)O)N2C(=O)C(NC(=O)C(=Cc3c(C)cc(C)cc3C)c3csc(N)n3)[C@H]2SC1. The van der Waals surface area contributed by atoms with Gasteiger partial charge in [-0.05, 0) is 43.5 Å². The number of fused-ring (bicyclic) bond motifs is 1. The zero-order valence-corrected chi connectivity index (χ0v) is 22.3. The summed E-state index contributed by atoms with van der Waals surface area (Å²) in [5.74, 6) is -2.68. The number of carbonyl (C=O) groups excluding carboxylic acids is 3. The van der Waals surface area contributed by atoms with Crippen molar-refractivity contribution in [2.75, 3.05) is 18.1 Å². The molecule has 2 atom stereocenters. The molecule has 2 aliphatic heterocycles. The number of nitrogens with one attached hydrogen (secondary N) is 1. The molecule has 2 aliphatic rings. The number of nitrogens with two attached hydrogens (primary N) is 1. The number of benzene rings is 1. The van der Waals surface area contributed by atoms with E-state index in [0.717, 1.165) is 27.2 Å². The van der Waals surface area contributed by atoms with E-state index in [0.29, 0.717) is 16.4 Å². The molecule has 1 unspecified atom stereocenters. The zero-order chi connectivity index (χ0) is 27.0. The van der Waals surface area contributed by atoms with Gasteiger partial charge in [0, 0.05) is 23.6 Å². The standard InChI is InChI=1S/C25H26N4O6S2/c1-11-5-12(2)16(13(3)6-11)7-17(18-10-37-25(26)27-18)21(31)28-19-22(32)29-20(24(33)34)15(8-35-14(4)30)9-36-23(19)29/h5-7,10,19,23H,8-9H2,1-4H3,(H2,26,27)(H,28,31)(H,33,34)/t19?,23-/m1/s1. The summed E-state index contributed by atoms with van der Waals surface area (Å²) in [4.78, 5) is 55.1. The number of aryl methyl sites for hydroxylation is 3. The predicted molar refractivity (Wildman–Crippen MR) is 141 cm³/mol. The smallest absolute Gasteiger partial charge is 0.352 e. The Bertz CT molecular complexity index is 1360. The van der Waals surface area contributed by atoms with Gasteiger partial charge in [0.2, 0.25) is 0 Å². The largest absolute Gasteiger partial charge is 0.477 e. The first-order valence-electron chi connectivity index (χ1n) is 11.3. The van der Waals surface area contributed by atoms with Gasteiger partial charge in [0.15, 0.2) is 5.13 Å². The molecule has 0 spiro atoms. The molecule has 37 heavy (non-hydrogen) atoms. The molecule has 1 fully saturated rings. The highest BCUT2D eigenvalue weighted by atomic mass is 32.2. The fourth-order valence-corrected chi connectivity index (χ4v) is 6.32. The van der Waals surface area contributed by atoms with Crippen LogP contribution in [0.2, 0.25) is 0 Å². The zero-order valence-electron chi connectivity index (χ0n) is 20.7. The number of nitrogen functional groups attached to an aromatic ring is 1. The Morgan fingerprint density at radius 2 is 1.95 bits per heavy atom. The molecule has 0 saturated carbocycles. The first-order valence-corrected chi connectivity index (χ1v) is 13.3. The number of rotatable bonds is 7. The van der Waals surface area contributed by atoms with Gasteiger partial charge >= 0.3 is 11.9 Å². The number of thioether (sulfide) groups is 1. The lowest BCUT2D eigenvalue weighted by Gasteiger charge is -2.49. The van der Waals surface area contributed by atoms with Crippen molar-refractivity contribution in [3.63, 3.8) is 0 Å². The lowest BCUT2D eigenvalue weighted by Crippen LogP contribution is -2.70. The lowest BCUT2D eigenvalue weighted by molar-refractivity contribution is -0.150. The first kappa shape index (κ1) is 26.4. The molecular weight excluding hydrogens is 516 g/mol. The second kappa shape index (κ2) is 10.4. The number of nitrogens with zero attached hydrogens (tertiary/aromatic N) is 2. The molecule has 0 bridgehead atoms. The van der Waals surface area contributed by atoms with Crippen molar-refractivity contribution in [1.29, 1.82) is 0 Å². The summed E-state index contributed by atoms with van der Waals surface area (Å²) < 4.78 is 4.96. The Labute approximate surface area is 221 Å². The molecule has 1 saturated heterocycles. The summed E-state index contributed by atoms with van der Waals surface area (Å²) in [6, 6.07) is 3.10. The third-order valence-electron chi connectivity index (χ3n) is 6.06. The third kappa shape index (κ3) is 5.25. The van der Waals surface area contributed by atoms with E-state index in [9.17, 15) is 24.3 Å². The van der Waals surface area contributed by atoms with Crippen LogP contribution in [0.4, 0.5) is 5.13 Å². The lowest BCUT2D eigenvalue weighted by atomic mass is 9.96. The molecule has 4 rings (SSSR count). The van der Waals surface area contributed by atoms with Gasteiger partial charge in [-0.15, -0.1) is 23.1 Å². The third-order valence-corrected chi connectivity index (χ3v) is 8.07. The number of hydrogen-bond acceptors (Lipinski definition) is 9. The summed E-state index contributed by atoms with van der Waals surface area (Å²) in [6.45, 7) is 6.91. The molecular formula is C25H26N4O6S2. The van der Waals surface area contributed by atoms with Gasteiger partial charge < -0.3 is 20.9 Å². The minimum absolute atomic E-state index is 0.213. The molecule has 3 heterocycles. The van der Waals surface area contributed by atoms with Crippen LogP contribution in [0.3, 0.4) is 0 Å². The van der Waals surface area contributed by atoms with Crippen LogP contribution in [-0.2, 0) is 23.9 Å². The average molecular weight is 543 g/mol. The highest BCUT2D eigenvalue weighted by Crippen LogP contribution is 2.40. The summed E-state index contributed by atoms with van der Waals surface area (Å²) in [7, 11) is 0. The molecule has 10 nitrogen and oxygen atoms in total. The van der Waals surface area contributed by atoms with Gasteiger partial charge in [0.05, 0.1) is 11.3 Å². The Morgan fingerprint density at radius 1 is 1.27 bits per heavy atom. The van der Waals surface area contributed by atoms with E-state index in [2.05, 4.69) is 10.3 Å². The van der Waals surface area contributed by atoms with Gasteiger partial charge in [-0.2, -0.15) is 0 Å². The van der Waals surface area contributed by atoms with Gasteiger partial charge in [0.1, 0.15) is 23.7 Å². The van der Waals surface area contributed by atoms with E-state index >= 15 is 0 Å². The number of ether oxygens (including phenoxy) is 1. The number of hydrogen-bond donors (Lipinski definition) is 3. The highest BCUT2D eigenvalue weighted by molar-refractivity contribution is 8.00. The summed E-state index contributed by atoms with van der Waals surface area (Å²) >= 11 is 2.49. The Hall–Kier alpha value is -3.64. The molecule has 12 heteroatoms. The van der Waals surface area contributed by atoms with Crippen LogP contribution in [0.15, 0.2) is 28.8 Å². The minimum atomic E-state index is -1.30. The van der Waals surface area contributed by atoms with Crippen LogP contribution in [-0.4, -0.2) is 62.5 Å². The number of aliphatic carboxylic acids is 1. The van der Waals surface area contributed by atoms with Crippen LogP contribution in [0.1, 0.15) is 34.9 Å². The van der Waals surface area contributed by atoms with Crippen LogP contribution >= 0.6 is 23.1 Å². The molecule has 1 aromatic carbocycles. The predicted octanol–water partition coefficient (Wildman–Crippen LogP) is 2.49. The topological polar surface area (TPSA) is 152 Å². The van der Waals surface area contributed by atoms with Gasteiger partial charge in [-0.1, -0.05) is 17.7 Å². The van der Waals surface area contributed by atoms with E-state index in [-0.39, 0.29) is 23.6 Å². The van der Waals surface area contributed by atoms with Crippen molar-refractivity contribution < 1.29 is 29.0 Å². The van der Waals surface area contributed by atoms with E-state index in [4.69, 9.17) is 10.5 Å². The maximum atomic E-state index is 13.5. The van der Waals surface area contributed by atoms with Crippen molar-refractivity contribution in [3.05, 3.63) is 56.7 Å². The van der Waals surface area contributed by atoms with E-state index in [1.54, 1.807) is 11.5 Å². The van der Waals surface area contributed by atoms with Gasteiger partial charge in [0.25, 0.3) is 11.8 Å². The van der Waals surface area contributed by atoms with Crippen molar-refractivity contribution in [2.45, 2.75) is 39.1 Å². The first-order chi connectivity index (χ1) is 17.5. The van der Waals surface area contributed by atoms with Crippen molar-refractivity contribution in [1.82, 2.24) is 15.2 Å². The normalized spacial score (nSPS) is 19.3. The number of carboxylic acid groups (broad SMARTS) is 1. The number of anilines is 1. The monoisotopic (exact) mass is 542 g/mol. The summed E-state index contributed by atoms with van der Waals surface area (Å²) in [5, 5.41) is 13.9. The number of aromatic nitrogens is 1. The fraction of sp³-hybridized carbons (Fsp3) is 0.320. The van der Waals surface area contributed by atoms with Crippen molar-refractivity contribution in [2.24, 2.45) is 0 Å². The highest BCUT2D eigenvalue weighted by Gasteiger charge is 2.54. The van der Waals surface area contributed by atoms with E-state index < -0.39 is 35.2 Å². The molecule has 2 amide bonds. The van der Waals surface area contributed by atoms with Crippen LogP contribution in [0.5, 0.6) is 0 Å². The molecule has 1 aromatic heterocycles. The molecule has 2 aromatic rings. The van der Waals surface area contributed by atoms with Crippen molar-refractivity contribution in [3.8, 4) is 0 Å². The average Bonchev–Trinajstić information content (AvgIpc) is 3.25. The molecule has 0 aliphatic carbocycles. The number of carbonyl (C=O) groups is 4. The maximum absolute atomic E-state index is 13.5. The quantitative estimate of drug-likeness (QED) is 0.272. The number of thiazole rings is 1. The van der Waals surface area contributed by atoms with Crippen LogP contribution in [0.25, 0.3) is 11.6 Å². The molecule has 194 valence electrons. The summed E-state index contributed by atoms with van der Waals surface area (Å²) in [5.41, 5.74) is 10.5. The van der Waals surface area contributed by atoms with E-state index in [1.165, 1.54) is 30.0 Å². The van der Waals surface area contributed by atoms with Crippen LogP contribution in [0, 0.1) is 20.8 Å². The number of amides is 2. The van der Waals surface area contributed by atoms with Gasteiger partial charge in [-0.25, -0.2) is 9.78 Å². The Balaban J connectivity index is 1.62. The maximum Gasteiger partial charge on any atom is 0.352 e. The van der Waals surface area contributed by atoms with Crippen LogP contribution < -0.4 is 11.1 Å². The molecule has 4 N–H and O–H groups in total. The van der Waals surface area contributed by atoms with E-state index in [1.807, 2.05) is 32.9 Å².